The van der Waals surface area contributed by atoms with E-state index in [0.717, 1.165) is 0 Å². The zero-order chi connectivity index (χ0) is 10.6. The number of hydrogen-bond donors (Lipinski definition) is 2. The highest BCUT2D eigenvalue weighted by Gasteiger charge is 2.57. The molecule has 1 unspecified atom stereocenters. The first-order valence-electron chi connectivity index (χ1n) is 4.95. The molecule has 0 amide bonds. The van der Waals surface area contributed by atoms with Crippen molar-refractivity contribution in [3.63, 3.8) is 0 Å². The van der Waals surface area contributed by atoms with E-state index >= 15 is 0 Å². The van der Waals surface area contributed by atoms with Gasteiger partial charge in [-0.25, -0.2) is 8.42 Å². The molecule has 2 N–H and O–H groups in total. The summed E-state index contributed by atoms with van der Waals surface area (Å²) in [7, 11) is -3.02. The van der Waals surface area contributed by atoms with Crippen LogP contribution in [-0.2, 0) is 9.84 Å². The molecule has 2 aliphatic rings. The van der Waals surface area contributed by atoms with Crippen LogP contribution in [0.5, 0.6) is 0 Å². The quantitative estimate of drug-likeness (QED) is 0.626. The van der Waals surface area contributed by atoms with E-state index in [2.05, 4.69) is 5.32 Å². The van der Waals surface area contributed by atoms with E-state index in [1.54, 1.807) is 13.8 Å². The Morgan fingerprint density at radius 1 is 1.36 bits per heavy atom. The van der Waals surface area contributed by atoms with E-state index in [0.29, 0.717) is 19.5 Å². The van der Waals surface area contributed by atoms with Gasteiger partial charge in [-0.15, -0.1) is 0 Å². The third kappa shape index (κ3) is 1.15. The number of rotatable bonds is 1. The summed E-state index contributed by atoms with van der Waals surface area (Å²) in [5.41, 5.74) is -0.799. The van der Waals surface area contributed by atoms with E-state index in [1.807, 2.05) is 0 Å². The number of hydrogen-bond acceptors (Lipinski definition) is 4. The van der Waals surface area contributed by atoms with Crippen LogP contribution in [0.3, 0.4) is 0 Å². The molecular formula is C9H17NO3S. The number of β-amino-alcohol motifs (C(OH)–C–C–N with tert-alkyl or cyclic N) is 1. The molecule has 14 heavy (non-hydrogen) atoms. The second-order valence-corrected chi connectivity index (χ2v) is 7.66. The highest BCUT2D eigenvalue weighted by Crippen LogP contribution is 2.44. The Balaban J connectivity index is 2.32. The molecular weight excluding hydrogens is 202 g/mol. The molecule has 4 nitrogen and oxygen atoms in total. The lowest BCUT2D eigenvalue weighted by Crippen LogP contribution is -2.66. The summed E-state index contributed by atoms with van der Waals surface area (Å²) in [5.74, 6) is 0.0914. The number of sulfone groups is 1. The van der Waals surface area contributed by atoms with Crippen LogP contribution in [0.2, 0.25) is 0 Å². The molecule has 1 atom stereocenters. The second-order valence-electron chi connectivity index (χ2n) is 4.97. The minimum Gasteiger partial charge on any atom is -0.387 e. The van der Waals surface area contributed by atoms with Gasteiger partial charge >= 0.3 is 0 Å². The molecule has 2 rings (SSSR count). The molecule has 2 fully saturated rings. The Morgan fingerprint density at radius 2 is 1.93 bits per heavy atom. The maximum Gasteiger partial charge on any atom is 0.155 e. The first kappa shape index (κ1) is 10.4. The first-order chi connectivity index (χ1) is 6.30. The fourth-order valence-corrected chi connectivity index (χ4v) is 4.49. The standard InChI is InChI=1S/C9H17NO3S/c1-8(2)7(3-4-14(8,12)13)9(11)5-10-6-9/h7,10-11H,3-6H2,1-2H3. The largest absolute Gasteiger partial charge is 0.387 e. The second kappa shape index (κ2) is 2.71. The Hall–Kier alpha value is -0.130. The van der Waals surface area contributed by atoms with Crippen LogP contribution in [0.1, 0.15) is 20.3 Å². The summed E-state index contributed by atoms with van der Waals surface area (Å²) in [6.45, 7) is 4.51. The zero-order valence-electron chi connectivity index (χ0n) is 8.58. The number of aliphatic hydroxyl groups is 1. The summed E-state index contributed by atoms with van der Waals surface area (Å²) < 4.78 is 22.7. The van der Waals surface area contributed by atoms with Crippen LogP contribution in [0.4, 0.5) is 0 Å². The summed E-state index contributed by atoms with van der Waals surface area (Å²) in [6.07, 6.45) is 0.591. The molecule has 82 valence electrons. The summed E-state index contributed by atoms with van der Waals surface area (Å²) in [4.78, 5) is 0. The van der Waals surface area contributed by atoms with Gasteiger partial charge in [0.15, 0.2) is 9.84 Å². The van der Waals surface area contributed by atoms with Crippen molar-refractivity contribution in [2.24, 2.45) is 5.92 Å². The number of nitrogens with one attached hydrogen (secondary N) is 1. The van der Waals surface area contributed by atoms with Gasteiger partial charge in [0.05, 0.1) is 16.1 Å². The van der Waals surface area contributed by atoms with Crippen molar-refractivity contribution in [2.75, 3.05) is 18.8 Å². The molecule has 0 aromatic heterocycles. The summed E-state index contributed by atoms with van der Waals surface area (Å²) >= 11 is 0. The smallest absolute Gasteiger partial charge is 0.155 e. The monoisotopic (exact) mass is 219 g/mol. The zero-order valence-corrected chi connectivity index (χ0v) is 9.39. The minimum absolute atomic E-state index is 0.124. The average Bonchev–Trinajstić information content (AvgIpc) is 2.19. The predicted molar refractivity (Wildman–Crippen MR) is 53.8 cm³/mol. The lowest BCUT2D eigenvalue weighted by Gasteiger charge is -2.46. The molecule has 0 radical (unpaired) electrons. The van der Waals surface area contributed by atoms with Gasteiger partial charge < -0.3 is 10.4 Å². The van der Waals surface area contributed by atoms with Crippen molar-refractivity contribution in [2.45, 2.75) is 30.6 Å². The van der Waals surface area contributed by atoms with Crippen molar-refractivity contribution < 1.29 is 13.5 Å². The van der Waals surface area contributed by atoms with E-state index in [4.69, 9.17) is 0 Å². The molecule has 0 spiro atoms. The van der Waals surface area contributed by atoms with Crippen LogP contribution in [0, 0.1) is 5.92 Å². The summed E-state index contributed by atoms with van der Waals surface area (Å²) in [5, 5.41) is 13.1. The normalized spacial score (nSPS) is 37.8. The van der Waals surface area contributed by atoms with Crippen LogP contribution in [-0.4, -0.2) is 42.7 Å². The van der Waals surface area contributed by atoms with Gasteiger partial charge in [0, 0.05) is 19.0 Å². The predicted octanol–water partition coefficient (Wildman–Crippen LogP) is -0.466. The Morgan fingerprint density at radius 3 is 2.21 bits per heavy atom. The van der Waals surface area contributed by atoms with Crippen molar-refractivity contribution in [3.05, 3.63) is 0 Å². The molecule has 2 aliphatic heterocycles. The van der Waals surface area contributed by atoms with Gasteiger partial charge in [-0.3, -0.25) is 0 Å². The Bertz CT molecular complexity index is 343. The van der Waals surface area contributed by atoms with Gasteiger partial charge in [0.2, 0.25) is 0 Å². The lowest BCUT2D eigenvalue weighted by molar-refractivity contribution is -0.0697. The van der Waals surface area contributed by atoms with E-state index in [9.17, 15) is 13.5 Å². The Labute approximate surface area is 84.6 Å². The first-order valence-corrected chi connectivity index (χ1v) is 6.60. The average molecular weight is 219 g/mol. The topological polar surface area (TPSA) is 66.4 Å². The molecule has 0 aromatic rings. The van der Waals surface area contributed by atoms with Crippen LogP contribution in [0.15, 0.2) is 0 Å². The van der Waals surface area contributed by atoms with Crippen LogP contribution in [0.25, 0.3) is 0 Å². The fraction of sp³-hybridized carbons (Fsp3) is 1.00. The molecule has 0 aromatic carbocycles. The maximum atomic E-state index is 11.7. The third-order valence-corrected chi connectivity index (χ3v) is 6.49. The van der Waals surface area contributed by atoms with E-state index in [-0.39, 0.29) is 11.7 Å². The van der Waals surface area contributed by atoms with Gasteiger partial charge in [-0.05, 0) is 20.3 Å². The fourth-order valence-electron chi connectivity index (χ4n) is 2.64. The van der Waals surface area contributed by atoms with Crippen LogP contribution >= 0.6 is 0 Å². The van der Waals surface area contributed by atoms with Crippen molar-refractivity contribution in [3.8, 4) is 0 Å². The van der Waals surface area contributed by atoms with E-state index in [1.165, 1.54) is 0 Å². The molecule has 0 saturated carbocycles. The van der Waals surface area contributed by atoms with E-state index < -0.39 is 20.2 Å². The van der Waals surface area contributed by atoms with Crippen molar-refractivity contribution in [1.29, 1.82) is 0 Å². The Kier molecular flexibility index (Phi) is 2.01. The molecule has 2 saturated heterocycles. The van der Waals surface area contributed by atoms with Gasteiger partial charge in [0.25, 0.3) is 0 Å². The molecule has 2 heterocycles. The SMILES string of the molecule is CC1(C)C(C2(O)CNC2)CCS1(=O)=O. The van der Waals surface area contributed by atoms with Gasteiger partial charge in [-0.2, -0.15) is 0 Å². The molecule has 0 bridgehead atoms. The van der Waals surface area contributed by atoms with Crippen molar-refractivity contribution >= 4 is 9.84 Å². The van der Waals surface area contributed by atoms with Gasteiger partial charge in [0.1, 0.15) is 0 Å². The van der Waals surface area contributed by atoms with Crippen molar-refractivity contribution in [1.82, 2.24) is 5.32 Å². The lowest BCUT2D eigenvalue weighted by atomic mass is 9.74. The maximum absolute atomic E-state index is 11.7. The highest BCUT2D eigenvalue weighted by atomic mass is 32.2. The minimum atomic E-state index is -3.02. The highest BCUT2D eigenvalue weighted by molar-refractivity contribution is 7.93. The summed E-state index contributed by atoms with van der Waals surface area (Å²) in [6, 6.07) is 0. The molecule has 5 heteroatoms. The molecule has 0 aliphatic carbocycles. The van der Waals surface area contributed by atoms with Gasteiger partial charge in [-0.1, -0.05) is 0 Å². The third-order valence-electron chi connectivity index (χ3n) is 3.83. The van der Waals surface area contributed by atoms with Crippen LogP contribution < -0.4 is 5.32 Å².